The number of oxime groups is 1. The van der Waals surface area contributed by atoms with Gasteiger partial charge in [-0.1, -0.05) is 18.1 Å². The van der Waals surface area contributed by atoms with Crippen LogP contribution in [0.5, 0.6) is 0 Å². The number of nitrogens with one attached hydrogen (secondary N) is 1. The van der Waals surface area contributed by atoms with Gasteiger partial charge in [0.1, 0.15) is 5.84 Å². The van der Waals surface area contributed by atoms with Gasteiger partial charge >= 0.3 is 0 Å². The molecule has 108 valence electrons. The van der Waals surface area contributed by atoms with Crippen molar-refractivity contribution < 1.29 is 10.0 Å². The SMILES string of the molecule is CCC(CC(N)=NO)NC(=O)c1ccc2c(c1)CCC2. The Balaban J connectivity index is 2.03. The number of carbonyl (C=O) groups is 1. The van der Waals surface area contributed by atoms with E-state index in [-0.39, 0.29) is 17.8 Å². The Morgan fingerprint density at radius 3 is 2.90 bits per heavy atom. The summed E-state index contributed by atoms with van der Waals surface area (Å²) in [5.41, 5.74) is 8.80. The fourth-order valence-corrected chi connectivity index (χ4v) is 2.57. The van der Waals surface area contributed by atoms with Crippen LogP contribution in [0.4, 0.5) is 0 Å². The third kappa shape index (κ3) is 3.29. The first-order chi connectivity index (χ1) is 9.63. The van der Waals surface area contributed by atoms with Crippen molar-refractivity contribution in [3.05, 3.63) is 34.9 Å². The van der Waals surface area contributed by atoms with Gasteiger partial charge in [0.05, 0.1) is 0 Å². The van der Waals surface area contributed by atoms with Crippen LogP contribution in [-0.2, 0) is 12.8 Å². The monoisotopic (exact) mass is 275 g/mol. The molecule has 5 heteroatoms. The second kappa shape index (κ2) is 6.41. The maximum atomic E-state index is 12.2. The van der Waals surface area contributed by atoms with Gasteiger partial charge in [-0.3, -0.25) is 4.79 Å². The predicted molar refractivity (Wildman–Crippen MR) is 78.0 cm³/mol. The zero-order valence-corrected chi connectivity index (χ0v) is 11.7. The summed E-state index contributed by atoms with van der Waals surface area (Å²) in [6, 6.07) is 5.78. The molecule has 0 spiro atoms. The zero-order chi connectivity index (χ0) is 14.5. The van der Waals surface area contributed by atoms with E-state index in [1.807, 2.05) is 25.1 Å². The fraction of sp³-hybridized carbons (Fsp3) is 0.467. The Kier molecular flexibility index (Phi) is 4.61. The summed E-state index contributed by atoms with van der Waals surface area (Å²) >= 11 is 0. The predicted octanol–water partition coefficient (Wildman–Crippen LogP) is 1.82. The fourth-order valence-electron chi connectivity index (χ4n) is 2.57. The van der Waals surface area contributed by atoms with E-state index in [9.17, 15) is 4.79 Å². The van der Waals surface area contributed by atoms with E-state index in [0.717, 1.165) is 19.3 Å². The van der Waals surface area contributed by atoms with Gasteiger partial charge in [0.2, 0.25) is 0 Å². The number of rotatable bonds is 5. The topological polar surface area (TPSA) is 87.7 Å². The summed E-state index contributed by atoms with van der Waals surface area (Å²) < 4.78 is 0. The third-order valence-corrected chi connectivity index (χ3v) is 3.77. The number of carbonyl (C=O) groups excluding carboxylic acids is 1. The molecule has 20 heavy (non-hydrogen) atoms. The Morgan fingerprint density at radius 2 is 2.20 bits per heavy atom. The number of hydrogen-bond acceptors (Lipinski definition) is 3. The van der Waals surface area contributed by atoms with Crippen LogP contribution in [-0.4, -0.2) is 23.0 Å². The molecule has 0 aliphatic heterocycles. The number of amides is 1. The highest BCUT2D eigenvalue weighted by Gasteiger charge is 2.17. The van der Waals surface area contributed by atoms with E-state index < -0.39 is 0 Å². The van der Waals surface area contributed by atoms with Crippen LogP contribution in [0.1, 0.15) is 47.7 Å². The number of aryl methyl sites for hydroxylation is 2. The summed E-state index contributed by atoms with van der Waals surface area (Å²) in [6.45, 7) is 1.96. The van der Waals surface area contributed by atoms with E-state index >= 15 is 0 Å². The van der Waals surface area contributed by atoms with Gasteiger partial charge in [0, 0.05) is 18.0 Å². The average Bonchev–Trinajstić information content (AvgIpc) is 2.93. The molecule has 1 unspecified atom stereocenters. The highest BCUT2D eigenvalue weighted by Crippen LogP contribution is 2.22. The number of amidine groups is 1. The number of hydrogen-bond donors (Lipinski definition) is 3. The van der Waals surface area contributed by atoms with Crippen LogP contribution < -0.4 is 11.1 Å². The van der Waals surface area contributed by atoms with Crippen LogP contribution >= 0.6 is 0 Å². The Hall–Kier alpha value is -2.04. The van der Waals surface area contributed by atoms with Crippen LogP contribution in [0.15, 0.2) is 23.4 Å². The standard InChI is InChI=1S/C15H21N3O2/c1-2-13(9-14(16)18-20)17-15(19)12-7-6-10-4-3-5-11(10)8-12/h6-8,13,20H,2-5,9H2,1H3,(H2,16,18)(H,17,19). The molecule has 0 saturated heterocycles. The van der Waals surface area contributed by atoms with Gasteiger partial charge in [0.15, 0.2) is 0 Å². The van der Waals surface area contributed by atoms with Gasteiger partial charge < -0.3 is 16.3 Å². The smallest absolute Gasteiger partial charge is 0.251 e. The molecule has 4 N–H and O–H groups in total. The van der Waals surface area contributed by atoms with Crippen molar-refractivity contribution in [2.45, 2.75) is 45.1 Å². The molecule has 0 fully saturated rings. The lowest BCUT2D eigenvalue weighted by molar-refractivity contribution is 0.0937. The quantitative estimate of drug-likeness (QED) is 0.331. The minimum absolute atomic E-state index is 0.0997. The first-order valence-electron chi connectivity index (χ1n) is 7.03. The van der Waals surface area contributed by atoms with E-state index in [4.69, 9.17) is 10.9 Å². The molecule has 0 heterocycles. The normalized spacial score (nSPS) is 15.8. The highest BCUT2D eigenvalue weighted by atomic mass is 16.4. The maximum absolute atomic E-state index is 12.2. The number of nitrogens with zero attached hydrogens (tertiary/aromatic N) is 1. The lowest BCUT2D eigenvalue weighted by Gasteiger charge is -2.16. The summed E-state index contributed by atoms with van der Waals surface area (Å²) in [5, 5.41) is 14.5. The van der Waals surface area contributed by atoms with Crippen molar-refractivity contribution in [1.29, 1.82) is 0 Å². The summed E-state index contributed by atoms with van der Waals surface area (Å²) in [7, 11) is 0. The second-order valence-corrected chi connectivity index (χ2v) is 5.21. The van der Waals surface area contributed by atoms with Crippen molar-refractivity contribution in [3.8, 4) is 0 Å². The Bertz CT molecular complexity index is 526. The molecule has 0 bridgehead atoms. The first kappa shape index (κ1) is 14.4. The van der Waals surface area contributed by atoms with Crippen molar-refractivity contribution in [3.63, 3.8) is 0 Å². The first-order valence-corrected chi connectivity index (χ1v) is 7.03. The van der Waals surface area contributed by atoms with Crippen molar-refractivity contribution in [2.75, 3.05) is 0 Å². The molecule has 1 aliphatic rings. The number of benzene rings is 1. The van der Waals surface area contributed by atoms with E-state index in [2.05, 4.69) is 10.5 Å². The third-order valence-electron chi connectivity index (χ3n) is 3.77. The summed E-state index contributed by atoms with van der Waals surface area (Å²) in [6.07, 6.45) is 4.41. The lowest BCUT2D eigenvalue weighted by atomic mass is 10.0. The van der Waals surface area contributed by atoms with Gasteiger partial charge in [0.25, 0.3) is 5.91 Å². The maximum Gasteiger partial charge on any atom is 0.251 e. The van der Waals surface area contributed by atoms with E-state index in [0.29, 0.717) is 12.0 Å². The zero-order valence-electron chi connectivity index (χ0n) is 11.7. The van der Waals surface area contributed by atoms with E-state index in [1.165, 1.54) is 17.5 Å². The van der Waals surface area contributed by atoms with Gasteiger partial charge in [-0.25, -0.2) is 0 Å². The van der Waals surface area contributed by atoms with Gasteiger partial charge in [-0.15, -0.1) is 0 Å². The molecule has 1 aromatic rings. The molecular formula is C15H21N3O2. The Morgan fingerprint density at radius 1 is 1.45 bits per heavy atom. The minimum Gasteiger partial charge on any atom is -0.409 e. The average molecular weight is 275 g/mol. The van der Waals surface area contributed by atoms with Gasteiger partial charge in [-0.05, 0) is 48.9 Å². The molecule has 0 aromatic heterocycles. The summed E-state index contributed by atoms with van der Waals surface area (Å²) in [4.78, 5) is 12.2. The molecule has 0 saturated carbocycles. The van der Waals surface area contributed by atoms with Crippen molar-refractivity contribution in [1.82, 2.24) is 5.32 Å². The molecule has 2 rings (SSSR count). The van der Waals surface area contributed by atoms with Crippen LogP contribution in [0, 0.1) is 0 Å². The molecule has 1 aromatic carbocycles. The van der Waals surface area contributed by atoms with Crippen LogP contribution in [0.3, 0.4) is 0 Å². The van der Waals surface area contributed by atoms with Crippen molar-refractivity contribution in [2.24, 2.45) is 10.9 Å². The highest BCUT2D eigenvalue weighted by molar-refractivity contribution is 5.95. The Labute approximate surface area is 118 Å². The molecule has 5 nitrogen and oxygen atoms in total. The lowest BCUT2D eigenvalue weighted by Crippen LogP contribution is -2.37. The van der Waals surface area contributed by atoms with Crippen LogP contribution in [0.2, 0.25) is 0 Å². The molecule has 1 amide bonds. The van der Waals surface area contributed by atoms with E-state index in [1.54, 1.807) is 0 Å². The summed E-state index contributed by atoms with van der Waals surface area (Å²) in [5.74, 6) is 0.0309. The largest absolute Gasteiger partial charge is 0.409 e. The molecule has 0 radical (unpaired) electrons. The van der Waals surface area contributed by atoms with Gasteiger partial charge in [-0.2, -0.15) is 0 Å². The molecule has 1 aliphatic carbocycles. The minimum atomic E-state index is -0.119. The molecule has 1 atom stereocenters. The number of nitrogens with two attached hydrogens (primary N) is 1. The van der Waals surface area contributed by atoms with Crippen molar-refractivity contribution >= 4 is 11.7 Å². The van der Waals surface area contributed by atoms with Crippen LogP contribution in [0.25, 0.3) is 0 Å². The number of fused-ring (bicyclic) bond motifs is 1. The second-order valence-electron chi connectivity index (χ2n) is 5.21. The molecular weight excluding hydrogens is 254 g/mol.